The molecule has 1 aliphatic rings. The highest BCUT2D eigenvalue weighted by atomic mass is 79.9. The number of rotatable bonds is 4. The van der Waals surface area contributed by atoms with Crippen LogP contribution in [0.25, 0.3) is 0 Å². The fraction of sp³-hybridized carbons (Fsp3) is 0.267. The molecule has 0 atom stereocenters. The molecule has 0 fully saturated rings. The van der Waals surface area contributed by atoms with Gasteiger partial charge in [-0.25, -0.2) is 4.98 Å². The Morgan fingerprint density at radius 2 is 2.18 bits per heavy atom. The van der Waals surface area contributed by atoms with Gasteiger partial charge in [-0.3, -0.25) is 9.59 Å². The van der Waals surface area contributed by atoms with Crippen LogP contribution in [0.15, 0.2) is 38.7 Å². The number of carbonyl (C=O) groups excluding carboxylic acids is 1. The molecule has 0 aliphatic heterocycles. The van der Waals surface area contributed by atoms with Crippen LogP contribution < -0.4 is 10.9 Å². The van der Waals surface area contributed by atoms with Gasteiger partial charge in [0.15, 0.2) is 5.16 Å². The van der Waals surface area contributed by atoms with E-state index in [9.17, 15) is 9.59 Å². The Hall–Kier alpha value is -1.60. The monoisotopic (exact) mass is 379 g/mol. The summed E-state index contributed by atoms with van der Waals surface area (Å²) in [4.78, 5) is 31.1. The number of amides is 1. The molecule has 0 radical (unpaired) electrons. The van der Waals surface area contributed by atoms with E-state index in [0.29, 0.717) is 5.16 Å². The largest absolute Gasteiger partial charge is 0.324 e. The van der Waals surface area contributed by atoms with Crippen molar-refractivity contribution in [2.45, 2.75) is 24.4 Å². The maximum Gasteiger partial charge on any atom is 0.254 e. The molecule has 22 heavy (non-hydrogen) atoms. The van der Waals surface area contributed by atoms with Gasteiger partial charge >= 0.3 is 0 Å². The lowest BCUT2D eigenvalue weighted by Crippen LogP contribution is -2.17. The van der Waals surface area contributed by atoms with E-state index in [1.165, 1.54) is 11.8 Å². The highest BCUT2D eigenvalue weighted by Crippen LogP contribution is 2.22. The molecule has 0 bridgehead atoms. The van der Waals surface area contributed by atoms with Crippen LogP contribution >= 0.6 is 27.7 Å². The molecule has 1 aromatic carbocycles. The third kappa shape index (κ3) is 3.41. The molecular weight excluding hydrogens is 366 g/mol. The number of hydrogen-bond donors (Lipinski definition) is 2. The van der Waals surface area contributed by atoms with Crippen molar-refractivity contribution >= 4 is 39.3 Å². The molecule has 0 unspecified atom stereocenters. The van der Waals surface area contributed by atoms with Crippen LogP contribution in [0.3, 0.4) is 0 Å². The van der Waals surface area contributed by atoms with Crippen molar-refractivity contribution in [3.63, 3.8) is 0 Å². The van der Waals surface area contributed by atoms with Gasteiger partial charge < -0.3 is 10.3 Å². The van der Waals surface area contributed by atoms with Gasteiger partial charge in [0, 0.05) is 10.0 Å². The molecule has 0 saturated carbocycles. The summed E-state index contributed by atoms with van der Waals surface area (Å²) in [7, 11) is 0. The summed E-state index contributed by atoms with van der Waals surface area (Å²) in [6.07, 6.45) is 2.61. The normalized spacial score (nSPS) is 13.0. The van der Waals surface area contributed by atoms with Gasteiger partial charge in [0.25, 0.3) is 5.56 Å². The molecule has 7 heteroatoms. The van der Waals surface area contributed by atoms with Crippen molar-refractivity contribution in [1.29, 1.82) is 0 Å². The second-order valence-corrected chi connectivity index (χ2v) is 6.78. The topological polar surface area (TPSA) is 74.8 Å². The standard InChI is InChI=1S/C15H14BrN3O2S/c16-10-5-1-2-6-12(10)17-13(20)8-22-15-18-11-7-3-4-9(11)14(21)19-15/h1-2,5-6H,3-4,7-8H2,(H,17,20)(H,18,19,21). The molecule has 0 spiro atoms. The van der Waals surface area contributed by atoms with Crippen LogP contribution in [0.2, 0.25) is 0 Å². The summed E-state index contributed by atoms with van der Waals surface area (Å²) >= 11 is 4.62. The number of aromatic amines is 1. The van der Waals surface area contributed by atoms with Crippen LogP contribution in [-0.2, 0) is 17.6 Å². The quantitative estimate of drug-likeness (QED) is 0.632. The third-order valence-corrected chi connectivity index (χ3v) is 4.97. The number of thioether (sulfide) groups is 1. The average Bonchev–Trinajstić information content (AvgIpc) is 2.97. The van der Waals surface area contributed by atoms with Gasteiger partial charge in [0.2, 0.25) is 5.91 Å². The summed E-state index contributed by atoms with van der Waals surface area (Å²) < 4.78 is 0.831. The summed E-state index contributed by atoms with van der Waals surface area (Å²) in [5.74, 6) is 0.0586. The van der Waals surface area contributed by atoms with E-state index in [1.54, 1.807) is 0 Å². The Kier molecular flexibility index (Phi) is 4.63. The summed E-state index contributed by atoms with van der Waals surface area (Å²) in [6.45, 7) is 0. The zero-order valence-electron chi connectivity index (χ0n) is 11.7. The Labute approximate surface area is 140 Å². The van der Waals surface area contributed by atoms with Gasteiger partial charge in [-0.1, -0.05) is 23.9 Å². The molecule has 1 aliphatic carbocycles. The van der Waals surface area contributed by atoms with E-state index in [4.69, 9.17) is 0 Å². The zero-order chi connectivity index (χ0) is 15.5. The zero-order valence-corrected chi connectivity index (χ0v) is 14.1. The first-order valence-corrected chi connectivity index (χ1v) is 8.70. The van der Waals surface area contributed by atoms with Gasteiger partial charge in [-0.05, 0) is 47.3 Å². The number of nitrogens with one attached hydrogen (secondary N) is 2. The van der Waals surface area contributed by atoms with Gasteiger partial charge in [-0.15, -0.1) is 0 Å². The highest BCUT2D eigenvalue weighted by molar-refractivity contribution is 9.10. The Morgan fingerprint density at radius 1 is 1.36 bits per heavy atom. The Morgan fingerprint density at radius 3 is 3.00 bits per heavy atom. The summed E-state index contributed by atoms with van der Waals surface area (Å²) in [5.41, 5.74) is 2.32. The molecule has 0 saturated heterocycles. The fourth-order valence-corrected chi connectivity index (χ4v) is 3.43. The number of halogens is 1. The molecular formula is C15H14BrN3O2S. The third-order valence-electron chi connectivity index (χ3n) is 3.41. The lowest BCUT2D eigenvalue weighted by Gasteiger charge is -2.07. The van der Waals surface area contributed by atoms with Crippen molar-refractivity contribution in [2.75, 3.05) is 11.1 Å². The van der Waals surface area contributed by atoms with E-state index in [2.05, 4.69) is 31.2 Å². The number of benzene rings is 1. The predicted molar refractivity (Wildman–Crippen MR) is 90.4 cm³/mol. The second-order valence-electron chi connectivity index (χ2n) is 4.97. The number of para-hydroxylation sites is 1. The van der Waals surface area contributed by atoms with Crippen LogP contribution in [0, 0.1) is 0 Å². The van der Waals surface area contributed by atoms with Crippen molar-refractivity contribution in [2.24, 2.45) is 0 Å². The fourth-order valence-electron chi connectivity index (χ4n) is 2.37. The van der Waals surface area contributed by atoms with Gasteiger partial charge in [0.1, 0.15) is 0 Å². The summed E-state index contributed by atoms with van der Waals surface area (Å²) in [5, 5.41) is 3.33. The van der Waals surface area contributed by atoms with Gasteiger partial charge in [-0.2, -0.15) is 0 Å². The first kappa shape index (κ1) is 15.3. The smallest absolute Gasteiger partial charge is 0.254 e. The van der Waals surface area contributed by atoms with Gasteiger partial charge in [0.05, 0.1) is 17.1 Å². The minimum Gasteiger partial charge on any atom is -0.324 e. The minimum atomic E-state index is -0.139. The summed E-state index contributed by atoms with van der Waals surface area (Å²) in [6, 6.07) is 7.42. The lowest BCUT2D eigenvalue weighted by molar-refractivity contribution is -0.113. The Balaban J connectivity index is 1.63. The number of carbonyl (C=O) groups is 1. The molecule has 114 valence electrons. The molecule has 1 amide bonds. The van der Waals surface area contributed by atoms with Crippen molar-refractivity contribution in [3.8, 4) is 0 Å². The van der Waals surface area contributed by atoms with Crippen molar-refractivity contribution in [1.82, 2.24) is 9.97 Å². The molecule has 3 rings (SSSR count). The average molecular weight is 380 g/mol. The number of anilines is 1. The molecule has 2 N–H and O–H groups in total. The maximum atomic E-state index is 12.0. The number of aryl methyl sites for hydroxylation is 1. The van der Waals surface area contributed by atoms with Crippen LogP contribution in [0.4, 0.5) is 5.69 Å². The number of hydrogen-bond acceptors (Lipinski definition) is 4. The first-order valence-electron chi connectivity index (χ1n) is 6.93. The van der Waals surface area contributed by atoms with Crippen LogP contribution in [-0.4, -0.2) is 21.6 Å². The second kappa shape index (κ2) is 6.66. The Bertz CT molecular complexity index is 776. The first-order chi connectivity index (χ1) is 10.6. The minimum absolute atomic E-state index is 0.0730. The van der Waals surface area contributed by atoms with Crippen LogP contribution in [0.1, 0.15) is 17.7 Å². The molecule has 2 aromatic rings. The van der Waals surface area contributed by atoms with E-state index in [1.807, 2.05) is 24.3 Å². The molecule has 1 aromatic heterocycles. The van der Waals surface area contributed by atoms with Crippen LogP contribution in [0.5, 0.6) is 0 Å². The van der Waals surface area contributed by atoms with E-state index >= 15 is 0 Å². The van der Waals surface area contributed by atoms with E-state index in [-0.39, 0.29) is 17.2 Å². The number of H-pyrrole nitrogens is 1. The van der Waals surface area contributed by atoms with E-state index < -0.39 is 0 Å². The SMILES string of the molecule is O=C(CSc1nc2c(c(=O)[nH]1)CCC2)Nc1ccccc1Br. The van der Waals surface area contributed by atoms with E-state index in [0.717, 1.165) is 40.7 Å². The highest BCUT2D eigenvalue weighted by Gasteiger charge is 2.17. The van der Waals surface area contributed by atoms with Crippen molar-refractivity contribution in [3.05, 3.63) is 50.3 Å². The lowest BCUT2D eigenvalue weighted by atomic mass is 10.3. The van der Waals surface area contributed by atoms with Crippen molar-refractivity contribution < 1.29 is 4.79 Å². The number of fused-ring (bicyclic) bond motifs is 1. The predicted octanol–water partition coefficient (Wildman–Crippen LogP) is 2.75. The molecule has 5 nitrogen and oxygen atoms in total. The molecule has 1 heterocycles. The number of aromatic nitrogens is 2. The number of nitrogens with zero attached hydrogens (tertiary/aromatic N) is 1. The maximum absolute atomic E-state index is 12.0.